The SMILES string of the molecule is CC(C)(C)OC(O)Nc1ccc(NC(=O)c2cc3cc(NC(=O)CC4CCCO4)ccc3n2Cc2ccccc2F)cc1. The molecule has 0 radical (unpaired) electrons. The fourth-order valence-electron chi connectivity index (χ4n) is 5.08. The first kappa shape index (κ1) is 30.2. The Hall–Kier alpha value is -4.25. The minimum absolute atomic E-state index is 0.0624. The average Bonchev–Trinajstić information content (AvgIpc) is 3.57. The summed E-state index contributed by atoms with van der Waals surface area (Å²) in [4.78, 5) is 26.2. The van der Waals surface area contributed by atoms with E-state index in [2.05, 4.69) is 16.0 Å². The normalized spacial score (nSPS) is 15.8. The molecule has 2 amide bonds. The Morgan fingerprint density at radius 3 is 2.44 bits per heavy atom. The molecule has 5 rings (SSSR count). The highest BCUT2D eigenvalue weighted by atomic mass is 19.1. The number of carbonyl (C=O) groups excluding carboxylic acids is 2. The minimum atomic E-state index is -1.19. The molecule has 0 saturated carbocycles. The number of aromatic nitrogens is 1. The highest BCUT2D eigenvalue weighted by molar-refractivity contribution is 6.07. The molecule has 1 aliphatic rings. The van der Waals surface area contributed by atoms with E-state index in [1.165, 1.54) is 6.07 Å². The molecule has 3 aromatic carbocycles. The summed E-state index contributed by atoms with van der Waals surface area (Å²) in [7, 11) is 0. The predicted molar refractivity (Wildman–Crippen MR) is 165 cm³/mol. The average molecular weight is 589 g/mol. The fourth-order valence-corrected chi connectivity index (χ4v) is 5.08. The minimum Gasteiger partial charge on any atom is -0.378 e. The lowest BCUT2D eigenvalue weighted by atomic mass is 10.1. The predicted octanol–water partition coefficient (Wildman–Crippen LogP) is 6.09. The van der Waals surface area contributed by atoms with Crippen molar-refractivity contribution in [2.75, 3.05) is 22.6 Å². The number of aliphatic hydroxyl groups is 1. The van der Waals surface area contributed by atoms with E-state index in [1.807, 2.05) is 32.9 Å². The van der Waals surface area contributed by atoms with Crippen LogP contribution in [0.3, 0.4) is 0 Å². The highest BCUT2D eigenvalue weighted by Crippen LogP contribution is 2.27. The molecule has 0 spiro atoms. The number of rotatable bonds is 10. The molecule has 4 N–H and O–H groups in total. The summed E-state index contributed by atoms with van der Waals surface area (Å²) in [5.74, 6) is -0.881. The van der Waals surface area contributed by atoms with Crippen LogP contribution in [0.25, 0.3) is 10.9 Å². The lowest BCUT2D eigenvalue weighted by molar-refractivity contribution is -0.148. The Morgan fingerprint density at radius 2 is 1.74 bits per heavy atom. The third kappa shape index (κ3) is 7.98. The Kier molecular flexibility index (Phi) is 9.10. The molecule has 1 aliphatic heterocycles. The van der Waals surface area contributed by atoms with E-state index in [0.29, 0.717) is 34.9 Å². The van der Waals surface area contributed by atoms with Crippen molar-refractivity contribution >= 4 is 39.8 Å². The fraction of sp³-hybridized carbons (Fsp3) is 0.333. The van der Waals surface area contributed by atoms with Gasteiger partial charge in [0.15, 0.2) is 0 Å². The third-order valence-corrected chi connectivity index (χ3v) is 7.04. The molecule has 2 atom stereocenters. The number of anilines is 3. The van der Waals surface area contributed by atoms with Gasteiger partial charge in [-0.3, -0.25) is 9.59 Å². The van der Waals surface area contributed by atoms with Gasteiger partial charge >= 0.3 is 0 Å². The largest absolute Gasteiger partial charge is 0.378 e. The van der Waals surface area contributed by atoms with Crippen LogP contribution in [0.2, 0.25) is 0 Å². The number of fused-ring (bicyclic) bond motifs is 1. The zero-order valence-corrected chi connectivity index (χ0v) is 24.5. The number of hydrogen-bond donors (Lipinski definition) is 4. The molecule has 1 aromatic heterocycles. The van der Waals surface area contributed by atoms with E-state index in [0.717, 1.165) is 23.7 Å². The molecule has 226 valence electrons. The summed E-state index contributed by atoms with van der Waals surface area (Å²) in [6.07, 6.45) is 0.863. The van der Waals surface area contributed by atoms with Gasteiger partial charge in [-0.05, 0) is 88.2 Å². The van der Waals surface area contributed by atoms with Gasteiger partial charge in [-0.2, -0.15) is 0 Å². The Balaban J connectivity index is 1.37. The standard InChI is InChI=1S/C33H37FN4O5/c1-33(2,3)43-32(41)37-24-12-10-23(11-13-24)36-31(40)29-18-22-17-25(35-30(39)19-26-8-6-16-42-26)14-15-28(22)38(29)20-21-7-4-5-9-27(21)34/h4-5,7,9-15,17-18,26,32,37,41H,6,8,16,19-20H2,1-3H3,(H,35,39)(H,36,40). The summed E-state index contributed by atoms with van der Waals surface area (Å²) in [6, 6.07) is 20.4. The smallest absolute Gasteiger partial charge is 0.272 e. The number of carbonyl (C=O) groups is 2. The summed E-state index contributed by atoms with van der Waals surface area (Å²) in [5, 5.41) is 19.5. The van der Waals surface area contributed by atoms with Crippen molar-refractivity contribution < 1.29 is 28.6 Å². The summed E-state index contributed by atoms with van der Waals surface area (Å²) in [6.45, 7) is 6.33. The number of ether oxygens (including phenoxy) is 2. The van der Waals surface area contributed by atoms with Crippen LogP contribution in [-0.4, -0.2) is 46.2 Å². The topological polar surface area (TPSA) is 114 Å². The lowest BCUT2D eigenvalue weighted by Gasteiger charge is -2.25. The maximum Gasteiger partial charge on any atom is 0.272 e. The molecule has 10 heteroatoms. The molecule has 2 heterocycles. The van der Waals surface area contributed by atoms with Crippen LogP contribution in [0, 0.1) is 5.82 Å². The number of amides is 2. The van der Waals surface area contributed by atoms with Crippen LogP contribution < -0.4 is 16.0 Å². The van der Waals surface area contributed by atoms with Gasteiger partial charge in [0.05, 0.1) is 24.7 Å². The molecule has 9 nitrogen and oxygen atoms in total. The van der Waals surface area contributed by atoms with Crippen molar-refractivity contribution in [1.82, 2.24) is 4.57 Å². The van der Waals surface area contributed by atoms with Crippen LogP contribution >= 0.6 is 0 Å². The monoisotopic (exact) mass is 588 g/mol. The van der Waals surface area contributed by atoms with Gasteiger partial charge in [0.1, 0.15) is 11.5 Å². The van der Waals surface area contributed by atoms with Gasteiger partial charge in [-0.15, -0.1) is 0 Å². The molecule has 1 fully saturated rings. The van der Waals surface area contributed by atoms with Crippen molar-refractivity contribution in [3.05, 3.63) is 89.9 Å². The molecule has 0 aliphatic carbocycles. The molecular formula is C33H37FN4O5. The van der Waals surface area contributed by atoms with Gasteiger partial charge < -0.3 is 35.1 Å². The maximum absolute atomic E-state index is 14.7. The van der Waals surface area contributed by atoms with Gasteiger partial charge in [0.25, 0.3) is 5.91 Å². The number of nitrogens with zero attached hydrogens (tertiary/aromatic N) is 1. The summed E-state index contributed by atoms with van der Waals surface area (Å²) < 4.78 is 27.5. The quantitative estimate of drug-likeness (QED) is 0.167. The van der Waals surface area contributed by atoms with E-state index in [-0.39, 0.29) is 36.7 Å². The first-order chi connectivity index (χ1) is 20.5. The first-order valence-corrected chi connectivity index (χ1v) is 14.4. The second-order valence-electron chi connectivity index (χ2n) is 11.6. The summed E-state index contributed by atoms with van der Waals surface area (Å²) in [5.41, 5.74) is 2.71. The van der Waals surface area contributed by atoms with Gasteiger partial charge in [-0.25, -0.2) is 4.39 Å². The number of hydrogen-bond acceptors (Lipinski definition) is 6. The molecule has 1 saturated heterocycles. The van der Waals surface area contributed by atoms with Crippen molar-refractivity contribution in [1.29, 1.82) is 0 Å². The van der Waals surface area contributed by atoms with Crippen molar-refractivity contribution in [3.63, 3.8) is 0 Å². The van der Waals surface area contributed by atoms with Crippen molar-refractivity contribution in [3.8, 4) is 0 Å². The number of benzene rings is 3. The second-order valence-corrected chi connectivity index (χ2v) is 11.6. The highest BCUT2D eigenvalue weighted by Gasteiger charge is 2.21. The summed E-state index contributed by atoms with van der Waals surface area (Å²) >= 11 is 0. The van der Waals surface area contributed by atoms with Gasteiger partial charge in [0.2, 0.25) is 12.3 Å². The molecule has 2 unspecified atom stereocenters. The Bertz CT molecular complexity index is 1590. The van der Waals surface area contributed by atoms with Crippen LogP contribution in [0.4, 0.5) is 21.5 Å². The zero-order valence-electron chi connectivity index (χ0n) is 24.5. The van der Waals surface area contributed by atoms with E-state index in [1.54, 1.807) is 59.2 Å². The van der Waals surface area contributed by atoms with Crippen molar-refractivity contribution in [2.45, 2.75) is 64.7 Å². The number of halogens is 1. The molecule has 4 aromatic rings. The molecular weight excluding hydrogens is 551 g/mol. The van der Waals surface area contributed by atoms with Crippen LogP contribution in [0.1, 0.15) is 56.1 Å². The third-order valence-electron chi connectivity index (χ3n) is 7.04. The zero-order chi connectivity index (χ0) is 30.6. The van der Waals surface area contributed by atoms with Crippen LogP contribution in [-0.2, 0) is 20.8 Å². The Labute approximate surface area is 250 Å². The van der Waals surface area contributed by atoms with E-state index >= 15 is 0 Å². The number of aliphatic hydroxyl groups excluding tert-OH is 1. The lowest BCUT2D eigenvalue weighted by Crippen LogP contribution is -2.32. The van der Waals surface area contributed by atoms with Crippen LogP contribution in [0.15, 0.2) is 72.8 Å². The molecule has 43 heavy (non-hydrogen) atoms. The van der Waals surface area contributed by atoms with E-state index in [9.17, 15) is 19.1 Å². The second kappa shape index (κ2) is 12.9. The first-order valence-electron chi connectivity index (χ1n) is 14.4. The van der Waals surface area contributed by atoms with Gasteiger partial charge in [0, 0.05) is 40.1 Å². The maximum atomic E-state index is 14.7. The number of nitrogens with one attached hydrogen (secondary N) is 3. The van der Waals surface area contributed by atoms with E-state index < -0.39 is 12.0 Å². The van der Waals surface area contributed by atoms with Crippen LogP contribution in [0.5, 0.6) is 0 Å². The van der Waals surface area contributed by atoms with Crippen molar-refractivity contribution in [2.24, 2.45) is 0 Å². The van der Waals surface area contributed by atoms with E-state index in [4.69, 9.17) is 9.47 Å². The Morgan fingerprint density at radius 1 is 1.02 bits per heavy atom. The van der Waals surface area contributed by atoms with Gasteiger partial charge in [-0.1, -0.05) is 18.2 Å². The molecule has 0 bridgehead atoms.